The van der Waals surface area contributed by atoms with E-state index in [1.807, 2.05) is 13.8 Å². The van der Waals surface area contributed by atoms with Gasteiger partial charge in [0.25, 0.3) is 6.01 Å². The molecule has 0 radical (unpaired) electrons. The second kappa shape index (κ2) is 5.86. The first-order valence-corrected chi connectivity index (χ1v) is 6.56. The van der Waals surface area contributed by atoms with Crippen LogP contribution in [-0.2, 0) is 6.42 Å². The summed E-state index contributed by atoms with van der Waals surface area (Å²) in [6, 6.07) is 0.543. The van der Waals surface area contributed by atoms with Gasteiger partial charge < -0.3 is 14.3 Å². The normalized spacial score (nSPS) is 12.9. The molecule has 1 unspecified atom stereocenters. The lowest BCUT2D eigenvalue weighted by molar-refractivity contribution is 0.362. The van der Waals surface area contributed by atoms with Crippen LogP contribution < -0.4 is 5.32 Å². The van der Waals surface area contributed by atoms with Gasteiger partial charge in [-0.25, -0.2) is 4.98 Å². The zero-order valence-electron chi connectivity index (χ0n) is 11.8. The molecule has 0 spiro atoms. The van der Waals surface area contributed by atoms with Crippen LogP contribution in [0, 0.1) is 0 Å². The van der Waals surface area contributed by atoms with Gasteiger partial charge in [0, 0.05) is 25.3 Å². The second-order valence-corrected chi connectivity index (χ2v) is 4.96. The van der Waals surface area contributed by atoms with Crippen molar-refractivity contribution in [2.45, 2.75) is 45.4 Å². The molecule has 0 fully saturated rings. The third kappa shape index (κ3) is 3.33. The molecule has 2 aromatic rings. The summed E-state index contributed by atoms with van der Waals surface area (Å²) in [5, 5.41) is 6.83. The molecule has 2 heterocycles. The predicted molar refractivity (Wildman–Crippen MR) is 71.2 cm³/mol. The Hall–Kier alpha value is -1.85. The Labute approximate surface area is 112 Å². The molecule has 6 heteroatoms. The van der Waals surface area contributed by atoms with Gasteiger partial charge in [-0.1, -0.05) is 25.9 Å². The maximum Gasteiger partial charge on any atom is 0.294 e. The van der Waals surface area contributed by atoms with E-state index in [9.17, 15) is 0 Å². The Morgan fingerprint density at radius 1 is 1.32 bits per heavy atom. The van der Waals surface area contributed by atoms with Crippen molar-refractivity contribution in [1.82, 2.24) is 15.1 Å². The number of nitrogens with zero attached hydrogens (tertiary/aromatic N) is 3. The molecular formula is C13H20N4O2. The van der Waals surface area contributed by atoms with E-state index in [1.54, 1.807) is 13.2 Å². The number of oxazole rings is 1. The number of aryl methyl sites for hydroxylation is 1. The minimum atomic E-state index is 0.268. The lowest BCUT2D eigenvalue weighted by Crippen LogP contribution is -1.96. The topological polar surface area (TPSA) is 77.0 Å². The van der Waals surface area contributed by atoms with Crippen molar-refractivity contribution >= 4 is 6.01 Å². The highest BCUT2D eigenvalue weighted by Gasteiger charge is 2.14. The van der Waals surface area contributed by atoms with Crippen LogP contribution in [0.2, 0.25) is 0 Å². The molecule has 0 saturated heterocycles. The molecule has 0 saturated carbocycles. The van der Waals surface area contributed by atoms with Gasteiger partial charge in [0.1, 0.15) is 5.76 Å². The lowest BCUT2D eigenvalue weighted by Gasteiger charge is -2.05. The van der Waals surface area contributed by atoms with Gasteiger partial charge in [0.05, 0.1) is 6.20 Å². The van der Waals surface area contributed by atoms with E-state index >= 15 is 0 Å². The van der Waals surface area contributed by atoms with Crippen LogP contribution >= 0.6 is 0 Å². The summed E-state index contributed by atoms with van der Waals surface area (Å²) in [5.41, 5.74) is 0. The van der Waals surface area contributed by atoms with Gasteiger partial charge in [0.15, 0.2) is 5.82 Å². The van der Waals surface area contributed by atoms with Crippen LogP contribution in [0.1, 0.15) is 56.5 Å². The minimum Gasteiger partial charge on any atom is -0.429 e. The Morgan fingerprint density at radius 3 is 2.68 bits per heavy atom. The molecule has 6 nitrogen and oxygen atoms in total. The van der Waals surface area contributed by atoms with Crippen molar-refractivity contribution in [3.8, 4) is 0 Å². The highest BCUT2D eigenvalue weighted by Crippen LogP contribution is 2.23. The number of hydrogen-bond acceptors (Lipinski definition) is 6. The fourth-order valence-electron chi connectivity index (χ4n) is 1.72. The van der Waals surface area contributed by atoms with E-state index in [2.05, 4.69) is 27.4 Å². The van der Waals surface area contributed by atoms with Gasteiger partial charge in [-0.15, -0.1) is 0 Å². The van der Waals surface area contributed by atoms with Crippen molar-refractivity contribution in [2.75, 3.05) is 12.4 Å². The molecule has 2 aromatic heterocycles. The SMILES string of the molecule is CNc1ncc(C(C)CCc2nc(C(C)C)no2)o1. The van der Waals surface area contributed by atoms with Gasteiger partial charge in [0.2, 0.25) is 5.89 Å². The van der Waals surface area contributed by atoms with Crippen molar-refractivity contribution in [2.24, 2.45) is 0 Å². The van der Waals surface area contributed by atoms with E-state index in [1.165, 1.54) is 0 Å². The fraction of sp³-hybridized carbons (Fsp3) is 0.615. The summed E-state index contributed by atoms with van der Waals surface area (Å²) in [6.07, 6.45) is 3.39. The van der Waals surface area contributed by atoms with Crippen LogP contribution in [0.3, 0.4) is 0 Å². The van der Waals surface area contributed by atoms with E-state index in [0.717, 1.165) is 24.4 Å². The third-order valence-corrected chi connectivity index (χ3v) is 3.01. The smallest absolute Gasteiger partial charge is 0.294 e. The van der Waals surface area contributed by atoms with Gasteiger partial charge in [-0.3, -0.25) is 0 Å². The van der Waals surface area contributed by atoms with Crippen molar-refractivity contribution in [1.29, 1.82) is 0 Å². The molecule has 0 aliphatic carbocycles. The van der Waals surface area contributed by atoms with Crippen molar-refractivity contribution in [3.63, 3.8) is 0 Å². The van der Waals surface area contributed by atoms with E-state index < -0.39 is 0 Å². The van der Waals surface area contributed by atoms with E-state index in [-0.39, 0.29) is 5.92 Å². The van der Waals surface area contributed by atoms with Crippen LogP contribution in [-0.4, -0.2) is 22.2 Å². The first-order chi connectivity index (χ1) is 9.10. The average molecular weight is 264 g/mol. The standard InChI is InChI=1S/C13H20N4O2/c1-8(2)12-16-11(19-17-12)6-5-9(3)10-7-15-13(14-4)18-10/h7-9H,5-6H2,1-4H3,(H,14,15). The molecule has 19 heavy (non-hydrogen) atoms. The second-order valence-electron chi connectivity index (χ2n) is 4.96. The van der Waals surface area contributed by atoms with Crippen LogP contribution in [0.15, 0.2) is 15.1 Å². The van der Waals surface area contributed by atoms with Gasteiger partial charge in [-0.2, -0.15) is 4.98 Å². The molecule has 1 N–H and O–H groups in total. The molecular weight excluding hydrogens is 244 g/mol. The summed E-state index contributed by atoms with van der Waals surface area (Å²) < 4.78 is 10.8. The van der Waals surface area contributed by atoms with Crippen LogP contribution in [0.5, 0.6) is 0 Å². The largest absolute Gasteiger partial charge is 0.429 e. The molecule has 1 atom stereocenters. The van der Waals surface area contributed by atoms with Crippen molar-refractivity contribution < 1.29 is 8.94 Å². The minimum absolute atomic E-state index is 0.268. The number of aromatic nitrogens is 3. The Kier molecular flexibility index (Phi) is 4.19. The molecule has 104 valence electrons. The summed E-state index contributed by atoms with van der Waals surface area (Å²) in [5.74, 6) is 2.88. The molecule has 0 amide bonds. The molecule has 0 aromatic carbocycles. The summed E-state index contributed by atoms with van der Waals surface area (Å²) in [4.78, 5) is 8.47. The highest BCUT2D eigenvalue weighted by molar-refractivity contribution is 5.19. The Bertz CT molecular complexity index is 518. The predicted octanol–water partition coefficient (Wildman–Crippen LogP) is 2.96. The van der Waals surface area contributed by atoms with Crippen LogP contribution in [0.4, 0.5) is 6.01 Å². The number of anilines is 1. The summed E-state index contributed by atoms with van der Waals surface area (Å²) >= 11 is 0. The van der Waals surface area contributed by atoms with Gasteiger partial charge in [-0.05, 0) is 6.42 Å². The average Bonchev–Trinajstić information content (AvgIpc) is 3.04. The van der Waals surface area contributed by atoms with Crippen molar-refractivity contribution in [3.05, 3.63) is 23.7 Å². The first-order valence-electron chi connectivity index (χ1n) is 6.56. The fourth-order valence-corrected chi connectivity index (χ4v) is 1.72. The number of rotatable bonds is 6. The molecule has 2 rings (SSSR count). The van der Waals surface area contributed by atoms with Crippen LogP contribution in [0.25, 0.3) is 0 Å². The van der Waals surface area contributed by atoms with Gasteiger partial charge >= 0.3 is 0 Å². The zero-order chi connectivity index (χ0) is 13.8. The number of hydrogen-bond donors (Lipinski definition) is 1. The molecule has 0 aliphatic rings. The maximum absolute atomic E-state index is 5.54. The maximum atomic E-state index is 5.54. The first kappa shape index (κ1) is 13.6. The number of nitrogens with one attached hydrogen (secondary N) is 1. The monoisotopic (exact) mass is 264 g/mol. The Balaban J connectivity index is 1.90. The van der Waals surface area contributed by atoms with E-state index in [0.29, 0.717) is 17.8 Å². The zero-order valence-corrected chi connectivity index (χ0v) is 11.8. The summed E-state index contributed by atoms with van der Waals surface area (Å²) in [7, 11) is 1.78. The molecule has 0 aliphatic heterocycles. The highest BCUT2D eigenvalue weighted by atomic mass is 16.5. The van der Waals surface area contributed by atoms with E-state index in [4.69, 9.17) is 8.94 Å². The summed E-state index contributed by atoms with van der Waals surface area (Å²) in [6.45, 7) is 6.19. The Morgan fingerprint density at radius 2 is 2.11 bits per heavy atom. The third-order valence-electron chi connectivity index (χ3n) is 3.01. The lowest BCUT2D eigenvalue weighted by atomic mass is 10.0. The quantitative estimate of drug-likeness (QED) is 0.864. The molecule has 0 bridgehead atoms.